The molecule has 0 N–H and O–H groups in total. The van der Waals surface area contributed by atoms with Crippen molar-refractivity contribution in [1.29, 1.82) is 0 Å². The molecule has 0 bridgehead atoms. The lowest BCUT2D eigenvalue weighted by Gasteiger charge is -2.16. The van der Waals surface area contributed by atoms with Crippen LogP contribution in [0.15, 0.2) is 89.7 Å². The Morgan fingerprint density at radius 2 is 1.39 bits per heavy atom. The van der Waals surface area contributed by atoms with E-state index in [9.17, 15) is 4.79 Å². The second-order valence-corrected chi connectivity index (χ2v) is 7.72. The topological polar surface area (TPSA) is 44.1 Å². The van der Waals surface area contributed by atoms with Gasteiger partial charge in [-0.1, -0.05) is 84.4 Å². The average Bonchev–Trinajstić information content (AvgIpc) is 2.81. The van der Waals surface area contributed by atoms with E-state index >= 15 is 0 Å². The minimum atomic E-state index is -0.116. The number of benzene rings is 3. The van der Waals surface area contributed by atoms with Crippen LogP contribution in [0.3, 0.4) is 0 Å². The van der Waals surface area contributed by atoms with Crippen LogP contribution in [0.25, 0.3) is 0 Å². The van der Waals surface area contributed by atoms with Gasteiger partial charge >= 0.3 is 0 Å². The molecule has 0 saturated heterocycles. The van der Waals surface area contributed by atoms with Gasteiger partial charge in [-0.3, -0.25) is 4.79 Å². The third kappa shape index (κ3) is 5.04. The lowest BCUT2D eigenvalue weighted by atomic mass is 10.1. The maximum absolute atomic E-state index is 13.5. The number of aromatic nitrogens is 2. The van der Waals surface area contributed by atoms with Gasteiger partial charge in [0.25, 0.3) is 5.56 Å². The summed E-state index contributed by atoms with van der Waals surface area (Å²) in [5.74, 6) is 0.776. The van der Waals surface area contributed by atoms with Crippen LogP contribution in [-0.2, 0) is 19.4 Å². The van der Waals surface area contributed by atoms with Gasteiger partial charge in [0.2, 0.25) is 0 Å². The molecule has 4 nitrogen and oxygen atoms in total. The summed E-state index contributed by atoms with van der Waals surface area (Å²) in [6, 6.07) is 27.5. The van der Waals surface area contributed by atoms with Gasteiger partial charge < -0.3 is 9.30 Å². The Morgan fingerprint density at radius 3 is 1.97 bits per heavy atom. The van der Waals surface area contributed by atoms with Crippen molar-refractivity contribution < 1.29 is 4.74 Å². The van der Waals surface area contributed by atoms with Crippen molar-refractivity contribution in [3.05, 3.63) is 129 Å². The van der Waals surface area contributed by atoms with E-state index in [1.807, 2.05) is 84.9 Å². The number of hydrogen-bond acceptors (Lipinski definition) is 3. The van der Waals surface area contributed by atoms with Crippen molar-refractivity contribution in [2.45, 2.75) is 19.4 Å². The lowest BCUT2D eigenvalue weighted by molar-refractivity contribution is 0.414. The highest BCUT2D eigenvalue weighted by Gasteiger charge is 2.17. The molecular weight excluding hydrogens is 408 g/mol. The first kappa shape index (κ1) is 20.9. The van der Waals surface area contributed by atoms with E-state index in [2.05, 4.69) is 4.98 Å². The summed E-state index contributed by atoms with van der Waals surface area (Å²) < 4.78 is 7.00. The average molecular weight is 431 g/mol. The molecule has 0 aliphatic rings. The summed E-state index contributed by atoms with van der Waals surface area (Å²) >= 11 is 6.65. The minimum Gasteiger partial charge on any atom is -0.497 e. The Kier molecular flexibility index (Phi) is 6.48. The van der Waals surface area contributed by atoms with Gasteiger partial charge in [0.15, 0.2) is 0 Å². The van der Waals surface area contributed by atoms with Gasteiger partial charge in [-0.05, 0) is 28.8 Å². The standard InChI is InChI=1S/C26H23ClN2O2/c1-31-22-14-12-21(13-15-22)18-29-24(17-20-10-6-3-7-11-20)25(27)28-23(26(29)30)16-19-8-4-2-5-9-19/h2-15H,16-18H2,1H3. The third-order valence-corrected chi connectivity index (χ3v) is 5.52. The molecule has 1 aromatic heterocycles. The van der Waals surface area contributed by atoms with Crippen LogP contribution in [-0.4, -0.2) is 16.7 Å². The molecule has 4 aromatic rings. The number of rotatable bonds is 7. The second kappa shape index (κ2) is 9.63. The predicted molar refractivity (Wildman–Crippen MR) is 124 cm³/mol. The van der Waals surface area contributed by atoms with E-state index in [-0.39, 0.29) is 5.56 Å². The summed E-state index contributed by atoms with van der Waals surface area (Å²) in [4.78, 5) is 18.0. The quantitative estimate of drug-likeness (QED) is 0.408. The van der Waals surface area contributed by atoms with Crippen molar-refractivity contribution in [2.75, 3.05) is 7.11 Å². The molecule has 5 heteroatoms. The summed E-state index contributed by atoms with van der Waals surface area (Å²) in [5, 5.41) is 0.364. The Morgan fingerprint density at radius 1 is 0.806 bits per heavy atom. The molecule has 3 aromatic carbocycles. The number of nitrogens with zero attached hydrogens (tertiary/aromatic N) is 2. The molecule has 0 aliphatic carbocycles. The zero-order valence-electron chi connectivity index (χ0n) is 17.3. The van der Waals surface area contributed by atoms with Crippen LogP contribution in [0, 0.1) is 0 Å². The molecule has 0 spiro atoms. The fourth-order valence-corrected chi connectivity index (χ4v) is 3.83. The first-order valence-electron chi connectivity index (χ1n) is 10.1. The molecule has 0 saturated carbocycles. The summed E-state index contributed by atoms with van der Waals surface area (Å²) in [5.41, 5.74) is 4.13. The van der Waals surface area contributed by atoms with Crippen molar-refractivity contribution in [2.24, 2.45) is 0 Å². The molecular formula is C26H23ClN2O2. The molecule has 156 valence electrons. The van der Waals surface area contributed by atoms with E-state index < -0.39 is 0 Å². The van der Waals surface area contributed by atoms with Crippen molar-refractivity contribution in [3.8, 4) is 5.75 Å². The SMILES string of the molecule is COc1ccc(Cn2c(Cc3ccccc3)c(Cl)nc(Cc3ccccc3)c2=O)cc1. The number of methoxy groups -OCH3 is 1. The van der Waals surface area contributed by atoms with Crippen LogP contribution in [0.1, 0.15) is 28.1 Å². The fourth-order valence-electron chi connectivity index (χ4n) is 3.56. The Labute approximate surface area is 186 Å². The van der Waals surface area contributed by atoms with Gasteiger partial charge in [-0.15, -0.1) is 0 Å². The molecule has 0 atom stereocenters. The van der Waals surface area contributed by atoms with Crippen molar-refractivity contribution >= 4 is 11.6 Å². The molecule has 1 heterocycles. The fraction of sp³-hybridized carbons (Fsp3) is 0.154. The van der Waals surface area contributed by atoms with Gasteiger partial charge in [-0.25, -0.2) is 4.98 Å². The number of hydrogen-bond donors (Lipinski definition) is 0. The van der Waals surface area contributed by atoms with Gasteiger partial charge in [0.05, 0.1) is 19.3 Å². The van der Waals surface area contributed by atoms with Gasteiger partial charge in [0, 0.05) is 12.8 Å². The first-order valence-corrected chi connectivity index (χ1v) is 10.5. The van der Waals surface area contributed by atoms with Crippen LogP contribution in [0.5, 0.6) is 5.75 Å². The van der Waals surface area contributed by atoms with E-state index in [1.54, 1.807) is 11.7 Å². The maximum atomic E-state index is 13.5. The van der Waals surface area contributed by atoms with Crippen LogP contribution in [0.2, 0.25) is 5.15 Å². The van der Waals surface area contributed by atoms with E-state index in [4.69, 9.17) is 16.3 Å². The Bertz CT molecular complexity index is 1200. The summed E-state index contributed by atoms with van der Waals surface area (Å²) in [6.45, 7) is 0.412. The smallest absolute Gasteiger partial charge is 0.273 e. The molecule has 31 heavy (non-hydrogen) atoms. The Hall–Kier alpha value is -3.37. The summed E-state index contributed by atoms with van der Waals surface area (Å²) in [6.07, 6.45) is 0.970. The van der Waals surface area contributed by atoms with Crippen molar-refractivity contribution in [1.82, 2.24) is 9.55 Å². The molecule has 0 aliphatic heterocycles. The molecule has 0 unspecified atom stereocenters. The van der Waals surface area contributed by atoms with Crippen molar-refractivity contribution in [3.63, 3.8) is 0 Å². The molecule has 4 rings (SSSR count). The van der Waals surface area contributed by atoms with Gasteiger partial charge in [-0.2, -0.15) is 0 Å². The zero-order valence-corrected chi connectivity index (χ0v) is 18.0. The second-order valence-electron chi connectivity index (χ2n) is 7.36. The normalized spacial score (nSPS) is 10.8. The Balaban J connectivity index is 1.77. The van der Waals surface area contributed by atoms with E-state index in [1.165, 1.54) is 0 Å². The zero-order chi connectivity index (χ0) is 21.6. The summed E-state index contributed by atoms with van der Waals surface area (Å²) in [7, 11) is 1.63. The lowest BCUT2D eigenvalue weighted by Crippen LogP contribution is -2.29. The molecule has 0 amide bonds. The van der Waals surface area contributed by atoms with Crippen LogP contribution < -0.4 is 10.3 Å². The van der Waals surface area contributed by atoms with E-state index in [0.29, 0.717) is 35.9 Å². The molecule has 0 radical (unpaired) electrons. The van der Waals surface area contributed by atoms with E-state index in [0.717, 1.165) is 22.4 Å². The van der Waals surface area contributed by atoms with Crippen LogP contribution >= 0.6 is 11.6 Å². The highest BCUT2D eigenvalue weighted by Crippen LogP contribution is 2.20. The minimum absolute atomic E-state index is 0.116. The monoisotopic (exact) mass is 430 g/mol. The first-order chi connectivity index (χ1) is 15.1. The number of ether oxygens (including phenoxy) is 1. The highest BCUT2D eigenvalue weighted by molar-refractivity contribution is 6.30. The van der Waals surface area contributed by atoms with Crippen LogP contribution in [0.4, 0.5) is 0 Å². The molecule has 0 fully saturated rings. The maximum Gasteiger partial charge on any atom is 0.273 e. The van der Waals surface area contributed by atoms with Gasteiger partial charge in [0.1, 0.15) is 16.6 Å². The highest BCUT2D eigenvalue weighted by atomic mass is 35.5. The number of halogens is 1. The predicted octanol–water partition coefficient (Wildman–Crippen LogP) is 5.14. The largest absolute Gasteiger partial charge is 0.497 e. The third-order valence-electron chi connectivity index (χ3n) is 5.22.